The van der Waals surface area contributed by atoms with E-state index in [0.717, 1.165) is 65.1 Å². The third-order valence-corrected chi connectivity index (χ3v) is 9.18. The SMILES string of the molecule is CN(Cc1ccccc1)c1ccc(N=Nc2n(C)nc[n+]2C)cc1.O=C1C=CC(=NN=c2[n-]cc([N+](=O)[O-])s2)C(O)=C1.O=C1C=CC(=NN=c2[n-]cc([N+](=O)[O-])s2)C(O)=C1.[Co]. The Morgan fingerprint density at radius 3 is 1.72 bits per heavy atom. The molecular formula is C36H31CoN14O8S2-. The summed E-state index contributed by atoms with van der Waals surface area (Å²) in [5.74, 6) is -0.623. The Morgan fingerprint density at radius 1 is 0.787 bits per heavy atom. The van der Waals surface area contributed by atoms with Crippen molar-refractivity contribution in [2.45, 2.75) is 6.54 Å². The number of hydrogen-bond donors (Lipinski definition) is 2. The van der Waals surface area contributed by atoms with Crippen LogP contribution >= 0.6 is 22.7 Å². The number of hydrogen-bond acceptors (Lipinski definition) is 18. The molecular weight excluding hydrogens is 880 g/mol. The van der Waals surface area contributed by atoms with Crippen LogP contribution in [-0.4, -0.2) is 59.9 Å². The van der Waals surface area contributed by atoms with Gasteiger partial charge in [-0.05, 0) is 59.2 Å². The van der Waals surface area contributed by atoms with Gasteiger partial charge in [0.05, 0.1) is 29.6 Å². The van der Waals surface area contributed by atoms with Gasteiger partial charge in [0.1, 0.15) is 22.9 Å². The molecule has 3 aromatic heterocycles. The first-order chi connectivity index (χ1) is 28.7. The van der Waals surface area contributed by atoms with E-state index in [4.69, 9.17) is 0 Å². The van der Waals surface area contributed by atoms with E-state index >= 15 is 0 Å². The number of nitro groups is 2. The normalized spacial score (nSPS) is 15.1. The molecule has 22 nitrogen and oxygen atoms in total. The largest absolute Gasteiger partial charge is 0.506 e. The van der Waals surface area contributed by atoms with Crippen LogP contribution in [0.4, 0.5) is 27.3 Å². The summed E-state index contributed by atoms with van der Waals surface area (Å²) in [5, 5.41) is 66.5. The maximum Gasteiger partial charge on any atom is 0.403 e. The van der Waals surface area contributed by atoms with Crippen LogP contribution in [0.5, 0.6) is 0 Å². The Balaban J connectivity index is 0.000000203. The first-order valence-corrected chi connectivity index (χ1v) is 18.6. The first kappa shape index (κ1) is 46.1. The Hall–Kier alpha value is -7.61. The van der Waals surface area contributed by atoms with Crippen LogP contribution in [0, 0.1) is 20.2 Å². The molecule has 2 aliphatic rings. The van der Waals surface area contributed by atoms with E-state index in [0.29, 0.717) is 5.95 Å². The Labute approximate surface area is 362 Å². The van der Waals surface area contributed by atoms with Crippen molar-refractivity contribution in [2.75, 3.05) is 11.9 Å². The van der Waals surface area contributed by atoms with Crippen molar-refractivity contribution in [1.29, 1.82) is 0 Å². The number of aliphatic hydroxyl groups is 2. The first-order valence-electron chi connectivity index (χ1n) is 16.9. The summed E-state index contributed by atoms with van der Waals surface area (Å²) in [4.78, 5) is 51.1. The van der Waals surface area contributed by atoms with Crippen LogP contribution in [0.25, 0.3) is 0 Å². The minimum Gasteiger partial charge on any atom is -0.506 e. The van der Waals surface area contributed by atoms with Crippen LogP contribution in [-0.2, 0) is 47.0 Å². The zero-order valence-corrected chi connectivity index (χ0v) is 34.5. The van der Waals surface area contributed by atoms with Crippen molar-refractivity contribution in [1.82, 2.24) is 19.7 Å². The molecule has 0 bridgehead atoms. The monoisotopic (exact) mass is 910 g/mol. The summed E-state index contributed by atoms with van der Waals surface area (Å²) in [7, 11) is 5.82. The maximum atomic E-state index is 10.9. The van der Waals surface area contributed by atoms with Gasteiger partial charge >= 0.3 is 16.0 Å². The smallest absolute Gasteiger partial charge is 0.403 e. The number of nitrogens with zero attached hydrogens (tertiary/aromatic N) is 14. The van der Waals surface area contributed by atoms with Gasteiger partial charge in [-0.1, -0.05) is 58.1 Å². The average Bonchev–Trinajstić information content (AvgIpc) is 3.98. The number of aromatic nitrogens is 5. The molecule has 25 heteroatoms. The van der Waals surface area contributed by atoms with E-state index in [1.54, 1.807) is 11.0 Å². The van der Waals surface area contributed by atoms with Crippen molar-refractivity contribution in [2.24, 2.45) is 44.7 Å². The van der Waals surface area contributed by atoms with Crippen molar-refractivity contribution in [3.05, 3.63) is 157 Å². The minimum absolute atomic E-state index is 0. The molecule has 315 valence electrons. The van der Waals surface area contributed by atoms with Gasteiger partial charge in [0.2, 0.25) is 6.33 Å². The number of carbonyl (C=O) groups is 2. The van der Waals surface area contributed by atoms with Crippen LogP contribution in [0.15, 0.2) is 152 Å². The predicted molar refractivity (Wildman–Crippen MR) is 218 cm³/mol. The van der Waals surface area contributed by atoms with Crippen molar-refractivity contribution in [3.8, 4) is 0 Å². The summed E-state index contributed by atoms with van der Waals surface area (Å²) < 4.78 is 3.51. The van der Waals surface area contributed by atoms with E-state index in [1.807, 2.05) is 36.9 Å². The van der Waals surface area contributed by atoms with E-state index in [-0.39, 0.29) is 70.9 Å². The molecule has 2 aromatic carbocycles. The maximum absolute atomic E-state index is 10.9. The van der Waals surface area contributed by atoms with Gasteiger partial charge in [0.25, 0.3) is 0 Å². The number of thiazole rings is 2. The second-order valence-corrected chi connectivity index (χ2v) is 13.9. The van der Waals surface area contributed by atoms with E-state index in [2.05, 4.69) is 94.0 Å². The molecule has 0 unspecified atom stereocenters. The van der Waals surface area contributed by atoms with Crippen LogP contribution in [0.2, 0.25) is 0 Å². The van der Waals surface area contributed by atoms with Gasteiger partial charge in [-0.25, -0.2) is 4.57 Å². The molecule has 3 heterocycles. The molecule has 0 saturated carbocycles. The molecule has 7 rings (SSSR count). The summed E-state index contributed by atoms with van der Waals surface area (Å²) in [6.45, 7) is 0.868. The third-order valence-electron chi connectivity index (χ3n) is 7.51. The fraction of sp³-hybridized carbons (Fsp3) is 0.111. The number of azo groups is 1. The molecule has 0 spiro atoms. The van der Waals surface area contributed by atoms with Crippen LogP contribution in [0.1, 0.15) is 5.56 Å². The quantitative estimate of drug-likeness (QED) is 0.0692. The number of carbonyl (C=O) groups excluding carboxylic acids is 2. The van der Waals surface area contributed by atoms with Gasteiger partial charge in [-0.15, -0.1) is 4.68 Å². The summed E-state index contributed by atoms with van der Waals surface area (Å²) in [6, 6.07) is 18.5. The van der Waals surface area contributed by atoms with Gasteiger partial charge in [0, 0.05) is 75.3 Å². The molecule has 0 amide bonds. The zero-order chi connectivity index (χ0) is 43.2. The molecule has 1 radical (unpaired) electrons. The second kappa shape index (κ2) is 21.9. The predicted octanol–water partition coefficient (Wildman–Crippen LogP) is 4.20. The Morgan fingerprint density at radius 2 is 1.30 bits per heavy atom. The minimum atomic E-state index is -0.583. The van der Waals surface area contributed by atoms with Crippen molar-refractivity contribution < 1.29 is 51.0 Å². The third kappa shape index (κ3) is 13.7. The molecule has 2 aliphatic carbocycles. The number of benzene rings is 2. The van der Waals surface area contributed by atoms with Gasteiger partial charge in [0.15, 0.2) is 11.6 Å². The molecule has 0 atom stereocenters. The van der Waals surface area contributed by atoms with Gasteiger partial charge in [-0.2, -0.15) is 0 Å². The number of anilines is 1. The Bertz CT molecular complexity index is 2620. The van der Waals surface area contributed by atoms with Gasteiger partial charge in [-0.3, -0.25) is 40.0 Å². The second-order valence-electron chi connectivity index (χ2n) is 11.9. The van der Waals surface area contributed by atoms with Crippen molar-refractivity contribution in [3.63, 3.8) is 0 Å². The summed E-state index contributed by atoms with van der Waals surface area (Å²) >= 11 is 1.51. The summed E-state index contributed by atoms with van der Waals surface area (Å²) in [5.41, 5.74) is 3.42. The number of rotatable bonds is 9. The van der Waals surface area contributed by atoms with E-state index in [1.165, 1.54) is 29.9 Å². The number of aliphatic hydroxyl groups excluding tert-OH is 2. The van der Waals surface area contributed by atoms with E-state index < -0.39 is 9.85 Å². The molecule has 61 heavy (non-hydrogen) atoms. The van der Waals surface area contributed by atoms with Gasteiger partial charge < -0.3 is 35.3 Å². The zero-order valence-electron chi connectivity index (χ0n) is 31.9. The molecule has 5 aromatic rings. The molecule has 0 fully saturated rings. The molecule has 2 N–H and O–H groups in total. The fourth-order valence-corrected chi connectivity index (χ4v) is 5.70. The number of aryl methyl sites for hydroxylation is 2. The summed E-state index contributed by atoms with van der Waals surface area (Å²) in [6.07, 6.45) is 10.9. The number of ketones is 2. The van der Waals surface area contributed by atoms with Crippen LogP contribution < -0.4 is 29.0 Å². The van der Waals surface area contributed by atoms with E-state index in [9.17, 15) is 40.0 Å². The fourth-order valence-electron chi connectivity index (χ4n) is 4.59. The standard InChI is InChI=1S/C18H21N6.2C9H6N4O4S.Co/c1-22(13-15-7-5-4-6-8-15)17-11-9-16(10-12-17)20-21-18-23(2)14-19-24(18)3;2*14-5-1-2-6(7(15)3-5)11-12-9-10-4-8(18-9)13(16)17;/h4-12,14H,13H2,1-3H3;2*1-4H,(H2,10,12,14,15);/q+1;;;/p-2. The van der Waals surface area contributed by atoms with Crippen LogP contribution in [0.3, 0.4) is 0 Å². The molecule has 0 saturated heterocycles. The van der Waals surface area contributed by atoms with Crippen molar-refractivity contribution >= 4 is 73.0 Å². The molecule has 0 aliphatic heterocycles. The average molecular weight is 911 g/mol. The Kier molecular flexibility index (Phi) is 16.6. The number of allylic oxidation sites excluding steroid dienone is 6. The topological polar surface area (TPSA) is 288 Å².